The Hall–Kier alpha value is -2.53. The van der Waals surface area contributed by atoms with Crippen LogP contribution in [0.2, 0.25) is 0 Å². The minimum absolute atomic E-state index is 0.232. The second-order valence-corrected chi connectivity index (χ2v) is 12.1. The van der Waals surface area contributed by atoms with E-state index < -0.39 is 17.0 Å². The van der Waals surface area contributed by atoms with Crippen LogP contribution in [0.15, 0.2) is 41.3 Å². The van der Waals surface area contributed by atoms with E-state index in [1.165, 1.54) is 12.8 Å². The summed E-state index contributed by atoms with van der Waals surface area (Å²) < 4.78 is 15.7. The Labute approximate surface area is 215 Å². The summed E-state index contributed by atoms with van der Waals surface area (Å²) in [6.07, 6.45) is 4.72. The third-order valence-electron chi connectivity index (χ3n) is 6.70. The SMILES string of the molecule is CC(C)(C)NS(=O)c1cccc(NC(=O)c2ccc(NC(CO)CO)nc2N2CCC3(CC2)CC3)c1. The van der Waals surface area contributed by atoms with Crippen LogP contribution in [0.5, 0.6) is 0 Å². The number of amides is 1. The molecule has 2 fully saturated rings. The summed E-state index contributed by atoms with van der Waals surface area (Å²) in [5.74, 6) is 0.770. The highest BCUT2D eigenvalue weighted by Gasteiger charge is 2.45. The average Bonchev–Trinajstić information content (AvgIpc) is 3.60. The maximum atomic E-state index is 13.4. The molecule has 1 spiro atoms. The lowest BCUT2D eigenvalue weighted by molar-refractivity contribution is 0.102. The Morgan fingerprint density at radius 2 is 1.81 bits per heavy atom. The average molecular weight is 516 g/mol. The molecule has 1 amide bonds. The van der Waals surface area contributed by atoms with E-state index in [4.69, 9.17) is 4.98 Å². The number of pyridine rings is 1. The lowest BCUT2D eigenvalue weighted by Gasteiger charge is -2.34. The molecule has 2 aromatic rings. The van der Waals surface area contributed by atoms with Crippen molar-refractivity contribution in [1.29, 1.82) is 0 Å². The molecule has 9 nitrogen and oxygen atoms in total. The summed E-state index contributed by atoms with van der Waals surface area (Å²) in [6, 6.07) is 9.87. The van der Waals surface area contributed by atoms with Gasteiger partial charge in [-0.1, -0.05) is 6.07 Å². The zero-order valence-corrected chi connectivity index (χ0v) is 22.0. The number of carbonyl (C=O) groups excluding carboxylic acids is 1. The fourth-order valence-corrected chi connectivity index (χ4v) is 5.51. The maximum absolute atomic E-state index is 13.4. The third-order valence-corrected chi connectivity index (χ3v) is 8.18. The van der Waals surface area contributed by atoms with Crippen molar-refractivity contribution in [2.75, 3.05) is 41.8 Å². The molecule has 1 aromatic carbocycles. The second kappa shape index (κ2) is 10.8. The molecule has 1 saturated heterocycles. The van der Waals surface area contributed by atoms with E-state index in [1.54, 1.807) is 36.4 Å². The first-order valence-electron chi connectivity index (χ1n) is 12.5. The van der Waals surface area contributed by atoms with Crippen LogP contribution in [-0.2, 0) is 11.0 Å². The normalized spacial score (nSPS) is 17.8. The molecule has 5 N–H and O–H groups in total. The van der Waals surface area contributed by atoms with Crippen LogP contribution in [-0.4, -0.2) is 63.2 Å². The molecule has 1 unspecified atom stereocenters. The molecule has 0 radical (unpaired) electrons. The van der Waals surface area contributed by atoms with Gasteiger partial charge in [0.15, 0.2) is 0 Å². The number of piperidine rings is 1. The highest BCUT2D eigenvalue weighted by Crippen LogP contribution is 2.54. The number of hydrogen-bond acceptors (Lipinski definition) is 7. The number of carbonyl (C=O) groups is 1. The van der Waals surface area contributed by atoms with Gasteiger partial charge in [-0.25, -0.2) is 13.9 Å². The van der Waals surface area contributed by atoms with Gasteiger partial charge in [0.2, 0.25) is 0 Å². The first-order valence-corrected chi connectivity index (χ1v) is 13.6. The molecule has 2 aliphatic rings. The van der Waals surface area contributed by atoms with Crippen molar-refractivity contribution in [3.8, 4) is 0 Å². The van der Waals surface area contributed by atoms with E-state index in [0.29, 0.717) is 33.2 Å². The van der Waals surface area contributed by atoms with Crippen LogP contribution in [0.4, 0.5) is 17.3 Å². The lowest BCUT2D eigenvalue weighted by atomic mass is 9.93. The fraction of sp³-hybridized carbons (Fsp3) is 0.538. The van der Waals surface area contributed by atoms with Crippen molar-refractivity contribution in [3.63, 3.8) is 0 Å². The smallest absolute Gasteiger partial charge is 0.259 e. The molecule has 4 rings (SSSR count). The standard InChI is InChI=1S/C26H37N5O4S/c1-25(2,3)30-36(35)20-6-4-5-18(15-20)28-24(34)21-7-8-22(27-19(16-32)17-33)29-23(21)31-13-11-26(9-10-26)12-14-31/h4-8,15,19,30,32-33H,9-14,16-17H2,1-3H3,(H,27,29)(H,28,34). The van der Waals surface area contributed by atoms with E-state index in [0.717, 1.165) is 25.9 Å². The highest BCUT2D eigenvalue weighted by atomic mass is 32.2. The summed E-state index contributed by atoms with van der Waals surface area (Å²) >= 11 is 0. The number of hydrogen-bond donors (Lipinski definition) is 5. The molecule has 1 saturated carbocycles. The lowest BCUT2D eigenvalue weighted by Crippen LogP contribution is -2.37. The van der Waals surface area contributed by atoms with Crippen LogP contribution in [0.25, 0.3) is 0 Å². The Balaban J connectivity index is 1.56. The molecule has 196 valence electrons. The summed E-state index contributed by atoms with van der Waals surface area (Å²) in [5.41, 5.74) is 1.14. The van der Waals surface area contributed by atoms with Crippen molar-refractivity contribution in [1.82, 2.24) is 9.71 Å². The van der Waals surface area contributed by atoms with E-state index >= 15 is 0 Å². The van der Waals surface area contributed by atoms with E-state index in [2.05, 4.69) is 20.3 Å². The quantitative estimate of drug-likeness (QED) is 0.348. The largest absolute Gasteiger partial charge is 0.394 e. The Morgan fingerprint density at radius 1 is 1.11 bits per heavy atom. The van der Waals surface area contributed by atoms with E-state index in [-0.39, 0.29) is 24.7 Å². The highest BCUT2D eigenvalue weighted by molar-refractivity contribution is 7.83. The molecule has 0 bridgehead atoms. The molecule has 1 aliphatic heterocycles. The van der Waals surface area contributed by atoms with Crippen molar-refractivity contribution < 1.29 is 19.2 Å². The molecule has 10 heteroatoms. The topological polar surface area (TPSA) is 127 Å². The predicted octanol–water partition coefficient (Wildman–Crippen LogP) is 2.89. The van der Waals surface area contributed by atoms with Gasteiger partial charge in [0, 0.05) is 24.3 Å². The zero-order chi connectivity index (χ0) is 25.9. The Kier molecular flexibility index (Phi) is 7.99. The zero-order valence-electron chi connectivity index (χ0n) is 21.2. The van der Waals surface area contributed by atoms with Crippen molar-refractivity contribution in [2.24, 2.45) is 5.41 Å². The van der Waals surface area contributed by atoms with E-state index in [9.17, 15) is 19.2 Å². The van der Waals surface area contributed by atoms with Crippen LogP contribution >= 0.6 is 0 Å². The number of benzene rings is 1. The van der Waals surface area contributed by atoms with Gasteiger partial charge >= 0.3 is 0 Å². The fourth-order valence-electron chi connectivity index (χ4n) is 4.40. The van der Waals surface area contributed by atoms with Gasteiger partial charge in [0.25, 0.3) is 5.91 Å². The van der Waals surface area contributed by atoms with Crippen molar-refractivity contribution in [3.05, 3.63) is 42.0 Å². The van der Waals surface area contributed by atoms with Crippen LogP contribution < -0.4 is 20.3 Å². The molecule has 1 aliphatic carbocycles. The van der Waals surface area contributed by atoms with Gasteiger partial charge in [0.1, 0.15) is 22.6 Å². The molecular formula is C26H37N5O4S. The van der Waals surface area contributed by atoms with Gasteiger partial charge < -0.3 is 25.7 Å². The monoisotopic (exact) mass is 515 g/mol. The van der Waals surface area contributed by atoms with Crippen LogP contribution in [0.1, 0.15) is 56.8 Å². The number of nitrogens with one attached hydrogen (secondary N) is 3. The van der Waals surface area contributed by atoms with Crippen molar-refractivity contribution in [2.45, 2.75) is 62.9 Å². The summed E-state index contributed by atoms with van der Waals surface area (Å²) in [6.45, 7) is 7.02. The second-order valence-electron chi connectivity index (χ2n) is 10.9. The summed E-state index contributed by atoms with van der Waals surface area (Å²) in [4.78, 5) is 20.8. The number of anilines is 3. The van der Waals surface area contributed by atoms with Crippen LogP contribution in [0.3, 0.4) is 0 Å². The van der Waals surface area contributed by atoms with Gasteiger partial charge in [-0.15, -0.1) is 0 Å². The summed E-state index contributed by atoms with van der Waals surface area (Å²) in [5, 5.41) is 24.9. The number of aromatic nitrogens is 1. The number of aliphatic hydroxyl groups excluding tert-OH is 2. The van der Waals surface area contributed by atoms with Gasteiger partial charge in [-0.05, 0) is 82.2 Å². The first kappa shape index (κ1) is 26.5. The van der Waals surface area contributed by atoms with Crippen LogP contribution in [0, 0.1) is 5.41 Å². The molecule has 2 heterocycles. The summed E-state index contributed by atoms with van der Waals surface area (Å²) in [7, 11) is -1.41. The number of aliphatic hydroxyl groups is 2. The van der Waals surface area contributed by atoms with E-state index in [1.807, 2.05) is 20.8 Å². The van der Waals surface area contributed by atoms with Gasteiger partial charge in [-0.2, -0.15) is 0 Å². The Morgan fingerprint density at radius 3 is 2.42 bits per heavy atom. The first-order chi connectivity index (χ1) is 17.1. The third kappa shape index (κ3) is 6.61. The minimum atomic E-state index is -1.41. The van der Waals surface area contributed by atoms with Gasteiger partial charge in [-0.3, -0.25) is 4.79 Å². The number of nitrogens with zero attached hydrogens (tertiary/aromatic N) is 2. The molecule has 1 atom stereocenters. The molecular weight excluding hydrogens is 478 g/mol. The Bertz CT molecular complexity index is 1100. The minimum Gasteiger partial charge on any atom is -0.394 e. The number of rotatable bonds is 9. The maximum Gasteiger partial charge on any atom is 0.259 e. The molecule has 1 aromatic heterocycles. The van der Waals surface area contributed by atoms with Crippen molar-refractivity contribution >= 4 is 34.2 Å². The van der Waals surface area contributed by atoms with Gasteiger partial charge in [0.05, 0.1) is 29.7 Å². The predicted molar refractivity (Wildman–Crippen MR) is 143 cm³/mol. The molecule has 36 heavy (non-hydrogen) atoms.